The van der Waals surface area contributed by atoms with Crippen LogP contribution in [0.15, 0.2) is 0 Å². The van der Waals surface area contributed by atoms with Crippen molar-refractivity contribution in [2.24, 2.45) is 5.92 Å². The van der Waals surface area contributed by atoms with Crippen LogP contribution in [0.4, 0.5) is 0 Å². The van der Waals surface area contributed by atoms with E-state index in [1.165, 1.54) is 19.3 Å². The maximum absolute atomic E-state index is 11.9. The number of carbonyl (C=O) groups excluding carboxylic acids is 1. The van der Waals surface area contributed by atoms with Gasteiger partial charge in [0.1, 0.15) is 5.37 Å². The van der Waals surface area contributed by atoms with Gasteiger partial charge in [0.25, 0.3) is 0 Å². The molecule has 1 saturated heterocycles. The van der Waals surface area contributed by atoms with Crippen LogP contribution in [0.1, 0.15) is 39.0 Å². The summed E-state index contributed by atoms with van der Waals surface area (Å²) in [6.07, 6.45) is 6.02. The van der Waals surface area contributed by atoms with Gasteiger partial charge >= 0.3 is 0 Å². The topological polar surface area (TPSA) is 44.1 Å². The van der Waals surface area contributed by atoms with E-state index in [1.807, 2.05) is 4.90 Å². The molecule has 1 saturated carbocycles. The lowest BCUT2D eigenvalue weighted by molar-refractivity contribution is -0.151. The van der Waals surface area contributed by atoms with Crippen LogP contribution in [0.25, 0.3) is 0 Å². The number of amides is 1. The van der Waals surface area contributed by atoms with Gasteiger partial charge in [-0.15, -0.1) is 11.8 Å². The third kappa shape index (κ3) is 1.93. The van der Waals surface area contributed by atoms with Crippen molar-refractivity contribution in [1.29, 1.82) is 5.26 Å². The molecule has 0 N–H and O–H groups in total. The van der Waals surface area contributed by atoms with E-state index >= 15 is 0 Å². The molecule has 1 aliphatic carbocycles. The Hall–Kier alpha value is -0.690. The number of hydrogen-bond acceptors (Lipinski definition) is 3. The maximum atomic E-state index is 11.9. The molecule has 2 rings (SSSR count). The minimum atomic E-state index is -0.383. The molecule has 1 heterocycles. The van der Waals surface area contributed by atoms with Crippen molar-refractivity contribution >= 4 is 17.7 Å². The molecule has 16 heavy (non-hydrogen) atoms. The maximum Gasteiger partial charge on any atom is 0.244 e. The molecule has 0 aromatic carbocycles. The molecular formula is C12H18N2OS. The molecule has 0 radical (unpaired) electrons. The lowest BCUT2D eigenvalue weighted by Crippen LogP contribution is -2.62. The molecule has 0 aromatic rings. The van der Waals surface area contributed by atoms with Crippen molar-refractivity contribution in [1.82, 2.24) is 4.90 Å². The van der Waals surface area contributed by atoms with E-state index in [-0.39, 0.29) is 17.2 Å². The molecule has 0 unspecified atom stereocenters. The van der Waals surface area contributed by atoms with Gasteiger partial charge in [-0.2, -0.15) is 5.26 Å². The number of likely N-dealkylation sites (tertiary alicyclic amines) is 1. The van der Waals surface area contributed by atoms with Gasteiger partial charge in [0.05, 0.1) is 6.07 Å². The van der Waals surface area contributed by atoms with Crippen LogP contribution in [-0.4, -0.2) is 28.0 Å². The summed E-state index contributed by atoms with van der Waals surface area (Å²) in [6, 6.07) is 2.56. The smallest absolute Gasteiger partial charge is 0.244 e. The Morgan fingerprint density at radius 2 is 2.12 bits per heavy atom. The lowest BCUT2D eigenvalue weighted by atomic mass is 9.88. The molecule has 2 atom stereocenters. The Labute approximate surface area is 101 Å². The number of hydrogen-bond donors (Lipinski definition) is 0. The summed E-state index contributed by atoms with van der Waals surface area (Å²) in [5.74, 6) is 0.659. The number of thioether (sulfide) groups is 1. The number of nitrogens with zero attached hydrogens (tertiary/aromatic N) is 2. The van der Waals surface area contributed by atoms with E-state index in [9.17, 15) is 4.79 Å². The molecule has 0 aromatic heterocycles. The molecule has 3 nitrogen and oxygen atoms in total. The fourth-order valence-corrected chi connectivity index (χ4v) is 3.85. The first-order chi connectivity index (χ1) is 7.79. The number of nitriles is 1. The first-order valence-corrected chi connectivity index (χ1v) is 7.18. The highest BCUT2D eigenvalue weighted by Gasteiger charge is 2.50. The third-order valence-corrected chi connectivity index (χ3v) is 4.70. The highest BCUT2D eigenvalue weighted by molar-refractivity contribution is 8.00. The Bertz CT molecular complexity index is 307. The first kappa shape index (κ1) is 11.8. The average Bonchev–Trinajstić information content (AvgIpc) is 2.31. The SMILES string of the molecule is CCS[C@@H]1[C@@H](C#N)C(=O)N1C1CCCCC1. The standard InChI is InChI=1S/C12H18N2OS/c1-2-16-12-10(8-13)11(15)14(12)9-6-4-3-5-7-9/h9-10,12H,2-7H2,1H3/t10-,12+/m0/s1. The van der Waals surface area contributed by atoms with E-state index in [2.05, 4.69) is 13.0 Å². The van der Waals surface area contributed by atoms with Crippen LogP contribution in [0.5, 0.6) is 0 Å². The Kier molecular flexibility index (Phi) is 3.75. The van der Waals surface area contributed by atoms with Crippen molar-refractivity contribution in [3.8, 4) is 6.07 Å². The van der Waals surface area contributed by atoms with E-state index in [0.717, 1.165) is 18.6 Å². The zero-order chi connectivity index (χ0) is 11.5. The Morgan fingerprint density at radius 3 is 2.69 bits per heavy atom. The van der Waals surface area contributed by atoms with Gasteiger partial charge in [-0.25, -0.2) is 0 Å². The summed E-state index contributed by atoms with van der Waals surface area (Å²) >= 11 is 1.74. The summed E-state index contributed by atoms with van der Waals surface area (Å²) in [4.78, 5) is 13.9. The molecule has 0 bridgehead atoms. The highest BCUT2D eigenvalue weighted by atomic mass is 32.2. The quantitative estimate of drug-likeness (QED) is 0.709. The van der Waals surface area contributed by atoms with Gasteiger partial charge < -0.3 is 4.90 Å². The van der Waals surface area contributed by atoms with E-state index in [4.69, 9.17) is 5.26 Å². The largest absolute Gasteiger partial charge is 0.325 e. The van der Waals surface area contributed by atoms with Gasteiger partial charge in [0.15, 0.2) is 5.92 Å². The molecule has 0 spiro atoms. The van der Waals surface area contributed by atoms with E-state index in [0.29, 0.717) is 6.04 Å². The number of rotatable bonds is 3. The second-order valence-corrected chi connectivity index (χ2v) is 5.88. The second kappa shape index (κ2) is 5.09. The minimum Gasteiger partial charge on any atom is -0.325 e. The Balaban J connectivity index is 2.02. The third-order valence-electron chi connectivity index (χ3n) is 3.52. The van der Waals surface area contributed by atoms with Crippen molar-refractivity contribution in [3.05, 3.63) is 0 Å². The highest BCUT2D eigenvalue weighted by Crippen LogP contribution is 2.39. The van der Waals surface area contributed by atoms with Crippen LogP contribution in [0, 0.1) is 17.2 Å². The van der Waals surface area contributed by atoms with E-state index in [1.54, 1.807) is 11.8 Å². The van der Waals surface area contributed by atoms with Gasteiger partial charge in [-0.3, -0.25) is 4.79 Å². The Morgan fingerprint density at radius 1 is 1.44 bits per heavy atom. The molecule has 2 fully saturated rings. The zero-order valence-corrected chi connectivity index (χ0v) is 10.5. The normalized spacial score (nSPS) is 31.0. The number of β-lactam (4-membered cyclic amide) rings is 1. The lowest BCUT2D eigenvalue weighted by Gasteiger charge is -2.49. The fourth-order valence-electron chi connectivity index (χ4n) is 2.70. The monoisotopic (exact) mass is 238 g/mol. The molecule has 1 amide bonds. The predicted octanol–water partition coefficient (Wildman–Crippen LogP) is 2.38. The molecule has 4 heteroatoms. The molecule has 2 aliphatic rings. The number of carbonyl (C=O) groups is 1. The van der Waals surface area contributed by atoms with Crippen LogP contribution in [0.2, 0.25) is 0 Å². The van der Waals surface area contributed by atoms with Crippen molar-refractivity contribution in [3.63, 3.8) is 0 Å². The predicted molar refractivity (Wildman–Crippen MR) is 64.7 cm³/mol. The van der Waals surface area contributed by atoms with Gasteiger partial charge in [0.2, 0.25) is 5.91 Å². The summed E-state index contributed by atoms with van der Waals surface area (Å²) < 4.78 is 0. The molecular weight excluding hydrogens is 220 g/mol. The minimum absolute atomic E-state index is 0.0698. The second-order valence-electron chi connectivity index (χ2n) is 4.49. The summed E-state index contributed by atoms with van der Waals surface area (Å²) in [5.41, 5.74) is 0. The van der Waals surface area contributed by atoms with Crippen molar-refractivity contribution in [2.45, 2.75) is 50.4 Å². The molecule has 88 valence electrons. The van der Waals surface area contributed by atoms with Gasteiger partial charge in [0, 0.05) is 6.04 Å². The van der Waals surface area contributed by atoms with Gasteiger partial charge in [-0.05, 0) is 18.6 Å². The summed E-state index contributed by atoms with van der Waals surface area (Å²) in [7, 11) is 0. The van der Waals surface area contributed by atoms with Crippen LogP contribution < -0.4 is 0 Å². The average molecular weight is 238 g/mol. The summed E-state index contributed by atoms with van der Waals surface area (Å²) in [6.45, 7) is 2.08. The first-order valence-electron chi connectivity index (χ1n) is 6.13. The summed E-state index contributed by atoms with van der Waals surface area (Å²) in [5, 5.41) is 9.09. The van der Waals surface area contributed by atoms with Gasteiger partial charge in [-0.1, -0.05) is 26.2 Å². The van der Waals surface area contributed by atoms with Crippen LogP contribution >= 0.6 is 11.8 Å². The van der Waals surface area contributed by atoms with Crippen molar-refractivity contribution in [2.75, 3.05) is 5.75 Å². The zero-order valence-electron chi connectivity index (χ0n) is 9.69. The van der Waals surface area contributed by atoms with Crippen LogP contribution in [0.3, 0.4) is 0 Å². The molecule has 1 aliphatic heterocycles. The van der Waals surface area contributed by atoms with E-state index < -0.39 is 0 Å². The van der Waals surface area contributed by atoms with Crippen molar-refractivity contribution < 1.29 is 4.79 Å². The fraction of sp³-hybridized carbons (Fsp3) is 0.833. The van der Waals surface area contributed by atoms with Crippen LogP contribution in [-0.2, 0) is 4.79 Å².